The predicted octanol–water partition coefficient (Wildman–Crippen LogP) is 5.04. The van der Waals surface area contributed by atoms with Crippen LogP contribution in [-0.4, -0.2) is 51.4 Å². The number of sulfonamides is 1. The third-order valence-corrected chi connectivity index (χ3v) is 8.41. The fourth-order valence-electron chi connectivity index (χ4n) is 4.09. The Labute approximate surface area is 241 Å². The second kappa shape index (κ2) is 13.7. The van der Waals surface area contributed by atoms with Gasteiger partial charge in [-0.1, -0.05) is 55.8 Å². The van der Waals surface area contributed by atoms with Gasteiger partial charge >= 0.3 is 0 Å². The van der Waals surface area contributed by atoms with Gasteiger partial charge in [-0.05, 0) is 73.4 Å². The van der Waals surface area contributed by atoms with Crippen molar-refractivity contribution in [2.75, 3.05) is 24.5 Å². The maximum atomic E-state index is 14.0. The third-order valence-electron chi connectivity index (χ3n) is 6.40. The van der Waals surface area contributed by atoms with Crippen LogP contribution in [0.15, 0.2) is 77.7 Å². The number of methoxy groups -OCH3 is 1. The van der Waals surface area contributed by atoms with Gasteiger partial charge in [0, 0.05) is 18.1 Å². The lowest BCUT2D eigenvalue weighted by Gasteiger charge is -2.32. The van der Waals surface area contributed by atoms with Crippen LogP contribution in [0.2, 0.25) is 5.02 Å². The zero-order valence-electron chi connectivity index (χ0n) is 23.4. The molecule has 214 valence electrons. The van der Waals surface area contributed by atoms with E-state index in [1.165, 1.54) is 17.0 Å². The summed E-state index contributed by atoms with van der Waals surface area (Å²) in [7, 11) is -2.58. The van der Waals surface area contributed by atoms with E-state index in [0.29, 0.717) is 28.6 Å². The molecule has 2 amide bonds. The summed E-state index contributed by atoms with van der Waals surface area (Å²) in [6.07, 6.45) is 0. The molecule has 8 nitrogen and oxygen atoms in total. The van der Waals surface area contributed by atoms with E-state index in [2.05, 4.69) is 5.32 Å². The Hall–Kier alpha value is -3.56. The number of ether oxygens (including phenoxy) is 1. The number of halogens is 1. The van der Waals surface area contributed by atoms with E-state index in [4.69, 9.17) is 16.3 Å². The van der Waals surface area contributed by atoms with Gasteiger partial charge in [0.15, 0.2) is 0 Å². The van der Waals surface area contributed by atoms with Crippen molar-refractivity contribution < 1.29 is 22.7 Å². The van der Waals surface area contributed by atoms with Crippen molar-refractivity contribution in [3.8, 4) is 5.75 Å². The van der Waals surface area contributed by atoms with Gasteiger partial charge in [0.1, 0.15) is 18.3 Å². The molecule has 0 unspecified atom stereocenters. The molecule has 0 spiro atoms. The molecular formula is C30H36ClN3O5S. The van der Waals surface area contributed by atoms with E-state index < -0.39 is 28.5 Å². The number of rotatable bonds is 12. The summed E-state index contributed by atoms with van der Waals surface area (Å²) in [5.41, 5.74) is 1.67. The van der Waals surface area contributed by atoms with Gasteiger partial charge in [-0.2, -0.15) is 0 Å². The first-order valence-corrected chi connectivity index (χ1v) is 14.8. The van der Waals surface area contributed by atoms with Gasteiger partial charge in [-0.25, -0.2) is 8.42 Å². The van der Waals surface area contributed by atoms with Crippen LogP contribution < -0.4 is 14.4 Å². The maximum absolute atomic E-state index is 14.0. The minimum atomic E-state index is -4.14. The Morgan fingerprint density at radius 1 is 0.975 bits per heavy atom. The summed E-state index contributed by atoms with van der Waals surface area (Å²) in [5.74, 6) is 0.0246. The molecule has 0 bridgehead atoms. The van der Waals surface area contributed by atoms with Gasteiger partial charge in [-0.3, -0.25) is 13.9 Å². The summed E-state index contributed by atoms with van der Waals surface area (Å²) in [6.45, 7) is 7.36. The van der Waals surface area contributed by atoms with Crippen LogP contribution in [0, 0.1) is 12.8 Å². The number of benzene rings is 3. The smallest absolute Gasteiger partial charge is 0.264 e. The fraction of sp³-hybridized carbons (Fsp3) is 0.333. The molecule has 3 rings (SSSR count). The lowest BCUT2D eigenvalue weighted by atomic mass is 10.1. The lowest BCUT2D eigenvalue weighted by molar-refractivity contribution is -0.139. The van der Waals surface area contributed by atoms with Gasteiger partial charge in [-0.15, -0.1) is 0 Å². The molecule has 1 N–H and O–H groups in total. The quantitative estimate of drug-likeness (QED) is 0.321. The average Bonchev–Trinajstić information content (AvgIpc) is 2.94. The highest BCUT2D eigenvalue weighted by molar-refractivity contribution is 7.92. The third kappa shape index (κ3) is 7.76. The van der Waals surface area contributed by atoms with E-state index in [1.54, 1.807) is 81.6 Å². The number of nitrogens with one attached hydrogen (secondary N) is 1. The number of amides is 2. The summed E-state index contributed by atoms with van der Waals surface area (Å²) in [4.78, 5) is 28.5. The number of hydrogen-bond acceptors (Lipinski definition) is 5. The van der Waals surface area contributed by atoms with Crippen molar-refractivity contribution in [3.63, 3.8) is 0 Å². The van der Waals surface area contributed by atoms with E-state index in [1.807, 2.05) is 13.8 Å². The Morgan fingerprint density at radius 2 is 1.62 bits per heavy atom. The number of aryl methyl sites for hydroxylation is 1. The molecule has 10 heteroatoms. The Morgan fingerprint density at radius 3 is 2.20 bits per heavy atom. The molecule has 0 radical (unpaired) electrons. The molecule has 1 atom stereocenters. The molecule has 3 aromatic carbocycles. The van der Waals surface area contributed by atoms with E-state index in [9.17, 15) is 18.0 Å². The Balaban J connectivity index is 2.02. The average molecular weight is 586 g/mol. The fourth-order valence-corrected chi connectivity index (χ4v) is 5.82. The SMILES string of the molecule is COc1ccc(CN(C(=O)CN(c2ccc(Cl)cc2C)S(=O)(=O)c2ccccc2)[C@@H](C)C(=O)NCC(C)C)cc1. The van der Waals surface area contributed by atoms with Gasteiger partial charge in [0.05, 0.1) is 17.7 Å². The van der Waals surface area contributed by atoms with Crippen molar-refractivity contribution in [2.45, 2.75) is 45.2 Å². The first-order valence-electron chi connectivity index (χ1n) is 13.0. The van der Waals surface area contributed by atoms with Crippen molar-refractivity contribution in [3.05, 3.63) is 88.9 Å². The molecule has 40 heavy (non-hydrogen) atoms. The van der Waals surface area contributed by atoms with Crippen molar-refractivity contribution in [1.29, 1.82) is 0 Å². The van der Waals surface area contributed by atoms with E-state index in [0.717, 1.165) is 9.87 Å². The molecule has 0 fully saturated rings. The predicted molar refractivity (Wildman–Crippen MR) is 158 cm³/mol. The Bertz CT molecular complexity index is 1410. The maximum Gasteiger partial charge on any atom is 0.264 e. The highest BCUT2D eigenvalue weighted by Gasteiger charge is 2.33. The number of carbonyl (C=O) groups is 2. The van der Waals surface area contributed by atoms with Crippen molar-refractivity contribution in [2.24, 2.45) is 5.92 Å². The summed E-state index contributed by atoms with van der Waals surface area (Å²) in [6, 6.07) is 19.0. The minimum absolute atomic E-state index is 0.0431. The highest BCUT2D eigenvalue weighted by Crippen LogP contribution is 2.29. The van der Waals surface area contributed by atoms with Crippen molar-refractivity contribution >= 4 is 39.1 Å². The van der Waals surface area contributed by atoms with Crippen molar-refractivity contribution in [1.82, 2.24) is 10.2 Å². The highest BCUT2D eigenvalue weighted by atomic mass is 35.5. The first-order chi connectivity index (χ1) is 18.9. The number of nitrogens with zero attached hydrogens (tertiary/aromatic N) is 2. The molecule has 0 aromatic heterocycles. The normalized spacial score (nSPS) is 12.1. The molecule has 0 aliphatic carbocycles. The van der Waals surface area contributed by atoms with Crippen LogP contribution in [0.25, 0.3) is 0 Å². The minimum Gasteiger partial charge on any atom is -0.497 e. The zero-order valence-corrected chi connectivity index (χ0v) is 25.0. The van der Waals surface area contributed by atoms with Crippen LogP contribution in [-0.2, 0) is 26.2 Å². The van der Waals surface area contributed by atoms with E-state index in [-0.39, 0.29) is 23.3 Å². The molecule has 0 heterocycles. The molecule has 0 saturated heterocycles. The summed E-state index contributed by atoms with van der Waals surface area (Å²) in [5, 5.41) is 3.32. The number of anilines is 1. The second-order valence-electron chi connectivity index (χ2n) is 9.94. The van der Waals surface area contributed by atoms with Crippen LogP contribution in [0.1, 0.15) is 31.9 Å². The largest absolute Gasteiger partial charge is 0.497 e. The first kappa shape index (κ1) is 31.0. The molecular weight excluding hydrogens is 550 g/mol. The van der Waals surface area contributed by atoms with Gasteiger partial charge < -0.3 is 15.0 Å². The molecule has 3 aromatic rings. The standard InChI is InChI=1S/C30H36ClN3O5S/c1-21(2)18-32-30(36)23(4)33(19-24-11-14-26(39-5)15-12-24)29(35)20-34(28-16-13-25(31)17-22(28)3)40(37,38)27-9-7-6-8-10-27/h6-17,21,23H,18-20H2,1-5H3,(H,32,36)/t23-/m0/s1. The summed E-state index contributed by atoms with van der Waals surface area (Å²) < 4.78 is 34.0. The second-order valence-corrected chi connectivity index (χ2v) is 12.2. The topological polar surface area (TPSA) is 96.0 Å². The number of carbonyl (C=O) groups excluding carboxylic acids is 2. The van der Waals surface area contributed by atoms with Crippen LogP contribution >= 0.6 is 11.6 Å². The summed E-state index contributed by atoms with van der Waals surface area (Å²) >= 11 is 6.15. The van der Waals surface area contributed by atoms with Gasteiger partial charge in [0.25, 0.3) is 10.0 Å². The molecule has 0 aliphatic heterocycles. The van der Waals surface area contributed by atoms with Crippen LogP contribution in [0.5, 0.6) is 5.75 Å². The van der Waals surface area contributed by atoms with Crippen LogP contribution in [0.3, 0.4) is 0 Å². The van der Waals surface area contributed by atoms with Gasteiger partial charge in [0.2, 0.25) is 11.8 Å². The monoisotopic (exact) mass is 585 g/mol. The molecule has 0 aliphatic rings. The zero-order chi connectivity index (χ0) is 29.4. The number of hydrogen-bond donors (Lipinski definition) is 1. The lowest BCUT2D eigenvalue weighted by Crippen LogP contribution is -2.51. The van der Waals surface area contributed by atoms with E-state index >= 15 is 0 Å². The Kier molecular flexibility index (Phi) is 10.6. The van der Waals surface area contributed by atoms with Crippen LogP contribution in [0.4, 0.5) is 5.69 Å². The molecule has 0 saturated carbocycles.